The van der Waals surface area contributed by atoms with Crippen LogP contribution in [0.15, 0.2) is 12.4 Å². The van der Waals surface area contributed by atoms with Gasteiger partial charge in [0.1, 0.15) is 6.04 Å². The van der Waals surface area contributed by atoms with E-state index in [0.29, 0.717) is 18.9 Å². The molecule has 7 nitrogen and oxygen atoms in total. The zero-order valence-electron chi connectivity index (χ0n) is 9.54. The summed E-state index contributed by atoms with van der Waals surface area (Å²) in [6, 6.07) is -0.604. The Morgan fingerprint density at radius 1 is 1.53 bits per heavy atom. The van der Waals surface area contributed by atoms with E-state index < -0.39 is 11.9 Å². The van der Waals surface area contributed by atoms with Crippen LogP contribution in [0.2, 0.25) is 0 Å². The van der Waals surface area contributed by atoms with Crippen LogP contribution >= 0.6 is 0 Å². The minimum atomic E-state index is -0.604. The highest BCUT2D eigenvalue weighted by molar-refractivity contribution is 5.91. The fourth-order valence-corrected chi connectivity index (χ4v) is 1.77. The Balaban J connectivity index is 2.10. The zero-order valence-corrected chi connectivity index (χ0v) is 9.54. The van der Waals surface area contributed by atoms with E-state index in [1.54, 1.807) is 28.9 Å². The van der Waals surface area contributed by atoms with Gasteiger partial charge in [0.25, 0.3) is 5.91 Å². The minimum Gasteiger partial charge on any atom is -0.368 e. The summed E-state index contributed by atoms with van der Waals surface area (Å²) in [5.41, 5.74) is 5.19. The van der Waals surface area contributed by atoms with Gasteiger partial charge >= 0.3 is 0 Å². The maximum absolute atomic E-state index is 12.1. The number of primary amides is 1. The number of hydrogen-bond donors (Lipinski definition) is 1. The Kier molecular flexibility index (Phi) is 3.10. The molecule has 1 radical (unpaired) electrons. The van der Waals surface area contributed by atoms with Crippen molar-refractivity contribution in [2.24, 2.45) is 12.8 Å². The lowest BCUT2D eigenvalue weighted by Gasteiger charge is -2.30. The predicted molar refractivity (Wildman–Crippen MR) is 59.1 cm³/mol. The number of nitrogens with zero attached hydrogens (tertiary/aromatic N) is 4. The SMILES string of the molecule is Cn1ccnc1C(=O)N1CC[N]C(C(N)=O)C1. The maximum atomic E-state index is 12.1. The van der Waals surface area contributed by atoms with E-state index in [1.165, 1.54) is 0 Å². The number of aryl methyl sites for hydroxylation is 1. The first kappa shape index (κ1) is 11.6. The van der Waals surface area contributed by atoms with Gasteiger partial charge in [0.2, 0.25) is 5.91 Å². The lowest BCUT2D eigenvalue weighted by atomic mass is 10.2. The molecule has 2 heterocycles. The van der Waals surface area contributed by atoms with Gasteiger partial charge in [-0.05, 0) is 0 Å². The molecule has 0 bridgehead atoms. The highest BCUT2D eigenvalue weighted by atomic mass is 16.2. The van der Waals surface area contributed by atoms with Gasteiger partial charge in [-0.25, -0.2) is 10.3 Å². The van der Waals surface area contributed by atoms with Crippen molar-refractivity contribution < 1.29 is 9.59 Å². The first-order valence-corrected chi connectivity index (χ1v) is 5.32. The maximum Gasteiger partial charge on any atom is 0.289 e. The van der Waals surface area contributed by atoms with Crippen LogP contribution in [-0.4, -0.2) is 51.9 Å². The second-order valence-electron chi connectivity index (χ2n) is 3.94. The summed E-state index contributed by atoms with van der Waals surface area (Å²) < 4.78 is 1.65. The van der Waals surface area contributed by atoms with Crippen molar-refractivity contribution in [3.05, 3.63) is 18.2 Å². The van der Waals surface area contributed by atoms with Crippen molar-refractivity contribution in [1.29, 1.82) is 0 Å². The van der Waals surface area contributed by atoms with Crippen LogP contribution in [0, 0.1) is 0 Å². The Bertz CT molecular complexity index is 442. The Labute approximate surface area is 98.6 Å². The van der Waals surface area contributed by atoms with E-state index in [9.17, 15) is 9.59 Å². The molecule has 1 atom stereocenters. The third-order valence-electron chi connectivity index (χ3n) is 2.74. The molecule has 2 N–H and O–H groups in total. The van der Waals surface area contributed by atoms with E-state index in [2.05, 4.69) is 10.3 Å². The molecule has 1 unspecified atom stereocenters. The highest BCUT2D eigenvalue weighted by Gasteiger charge is 2.29. The largest absolute Gasteiger partial charge is 0.368 e. The number of carbonyl (C=O) groups excluding carboxylic acids is 2. The van der Waals surface area contributed by atoms with Gasteiger partial charge in [0, 0.05) is 39.1 Å². The molecule has 0 spiro atoms. The van der Waals surface area contributed by atoms with Gasteiger partial charge in [0.15, 0.2) is 5.82 Å². The van der Waals surface area contributed by atoms with Crippen LogP contribution < -0.4 is 11.1 Å². The third-order valence-corrected chi connectivity index (χ3v) is 2.74. The molecule has 1 aliphatic rings. The molecular formula is C10H14N5O2. The van der Waals surface area contributed by atoms with Gasteiger partial charge in [0.05, 0.1) is 0 Å². The summed E-state index contributed by atoms with van der Waals surface area (Å²) in [5, 5.41) is 4.07. The number of carbonyl (C=O) groups is 2. The molecule has 0 saturated carbocycles. The highest BCUT2D eigenvalue weighted by Crippen LogP contribution is 2.06. The van der Waals surface area contributed by atoms with Crippen LogP contribution in [0.4, 0.5) is 0 Å². The zero-order chi connectivity index (χ0) is 12.4. The van der Waals surface area contributed by atoms with Crippen LogP contribution in [-0.2, 0) is 11.8 Å². The molecule has 7 heteroatoms. The van der Waals surface area contributed by atoms with Crippen molar-refractivity contribution in [2.75, 3.05) is 19.6 Å². The van der Waals surface area contributed by atoms with E-state index in [0.717, 1.165) is 0 Å². The Morgan fingerprint density at radius 2 is 2.29 bits per heavy atom. The number of amides is 2. The second-order valence-corrected chi connectivity index (χ2v) is 3.94. The fraction of sp³-hybridized carbons (Fsp3) is 0.500. The van der Waals surface area contributed by atoms with E-state index in [-0.39, 0.29) is 12.5 Å². The van der Waals surface area contributed by atoms with Crippen LogP contribution in [0.3, 0.4) is 0 Å². The fourth-order valence-electron chi connectivity index (χ4n) is 1.77. The third kappa shape index (κ3) is 2.28. The summed E-state index contributed by atoms with van der Waals surface area (Å²) in [5.74, 6) is -0.337. The average molecular weight is 236 g/mol. The topological polar surface area (TPSA) is 95.3 Å². The average Bonchev–Trinajstić information content (AvgIpc) is 2.74. The molecule has 0 aliphatic carbocycles. The quantitative estimate of drug-likeness (QED) is 0.665. The second kappa shape index (κ2) is 4.54. The number of nitrogens with two attached hydrogens (primary N) is 1. The lowest BCUT2D eigenvalue weighted by molar-refractivity contribution is -0.120. The van der Waals surface area contributed by atoms with Gasteiger partial charge in [-0.1, -0.05) is 0 Å². The monoisotopic (exact) mass is 236 g/mol. The Morgan fingerprint density at radius 3 is 2.88 bits per heavy atom. The minimum absolute atomic E-state index is 0.196. The van der Waals surface area contributed by atoms with Gasteiger partial charge in [-0.2, -0.15) is 0 Å². The van der Waals surface area contributed by atoms with Crippen molar-refractivity contribution >= 4 is 11.8 Å². The molecule has 17 heavy (non-hydrogen) atoms. The van der Waals surface area contributed by atoms with Crippen molar-refractivity contribution in [3.8, 4) is 0 Å². The molecule has 1 saturated heterocycles. The molecule has 91 valence electrons. The molecule has 2 amide bonds. The molecule has 1 aliphatic heterocycles. The van der Waals surface area contributed by atoms with Crippen molar-refractivity contribution in [3.63, 3.8) is 0 Å². The summed E-state index contributed by atoms with van der Waals surface area (Å²) in [6.45, 7) is 1.17. The number of rotatable bonds is 2. The molecular weight excluding hydrogens is 222 g/mol. The van der Waals surface area contributed by atoms with Gasteiger partial charge in [-0.15, -0.1) is 0 Å². The number of hydrogen-bond acceptors (Lipinski definition) is 3. The van der Waals surface area contributed by atoms with E-state index in [4.69, 9.17) is 5.73 Å². The van der Waals surface area contributed by atoms with Crippen LogP contribution in [0.5, 0.6) is 0 Å². The summed E-state index contributed by atoms with van der Waals surface area (Å²) in [7, 11) is 1.75. The molecule has 0 aromatic carbocycles. The smallest absolute Gasteiger partial charge is 0.289 e. The predicted octanol–water partition coefficient (Wildman–Crippen LogP) is -1.67. The van der Waals surface area contributed by atoms with Crippen LogP contribution in [0.25, 0.3) is 0 Å². The number of aromatic nitrogens is 2. The molecule has 1 aromatic rings. The number of piperazine rings is 1. The van der Waals surface area contributed by atoms with E-state index in [1.807, 2.05) is 0 Å². The van der Waals surface area contributed by atoms with Crippen molar-refractivity contribution in [2.45, 2.75) is 6.04 Å². The summed E-state index contributed by atoms with van der Waals surface area (Å²) in [4.78, 5) is 28.7. The van der Waals surface area contributed by atoms with Gasteiger partial charge < -0.3 is 15.2 Å². The first-order chi connectivity index (χ1) is 8.09. The van der Waals surface area contributed by atoms with Gasteiger partial charge in [-0.3, -0.25) is 9.59 Å². The molecule has 1 fully saturated rings. The standard InChI is InChI=1S/C10H14N5O2/c1-14-4-2-13-9(14)10(17)15-5-3-12-7(6-15)8(11)16/h2,4,7H,3,5-6H2,1H3,(H2,11,16). The summed E-state index contributed by atoms with van der Waals surface area (Å²) >= 11 is 0. The molecule has 2 rings (SSSR count). The summed E-state index contributed by atoms with van der Waals surface area (Å²) in [6.07, 6.45) is 3.26. The van der Waals surface area contributed by atoms with Crippen LogP contribution in [0.1, 0.15) is 10.6 Å². The van der Waals surface area contributed by atoms with E-state index >= 15 is 0 Å². The lowest BCUT2D eigenvalue weighted by Crippen LogP contribution is -2.54. The molecule has 1 aromatic heterocycles. The Hall–Kier alpha value is -1.89. The number of imidazole rings is 1. The van der Waals surface area contributed by atoms with Crippen molar-refractivity contribution in [1.82, 2.24) is 19.8 Å². The normalized spacial score (nSPS) is 20.3. The first-order valence-electron chi connectivity index (χ1n) is 5.32.